The molecular weight excluding hydrogens is 244 g/mol. The van der Waals surface area contributed by atoms with Crippen LogP contribution in [0.2, 0.25) is 0 Å². The maximum atomic E-state index is 11.4. The predicted octanol–water partition coefficient (Wildman–Crippen LogP) is 2.74. The third-order valence-electron chi connectivity index (χ3n) is 2.49. The first-order chi connectivity index (χ1) is 9.08. The van der Waals surface area contributed by atoms with Gasteiger partial charge in [0.2, 0.25) is 0 Å². The number of carboxylic acids is 1. The van der Waals surface area contributed by atoms with Gasteiger partial charge in [-0.05, 0) is 17.6 Å². The van der Waals surface area contributed by atoms with E-state index in [9.17, 15) is 9.59 Å². The zero-order valence-corrected chi connectivity index (χ0v) is 10.9. The first-order valence-corrected chi connectivity index (χ1v) is 6.17. The number of rotatable bonds is 7. The lowest BCUT2D eigenvalue weighted by Gasteiger charge is -2.07. The molecule has 1 aromatic carbocycles. The largest absolute Gasteiger partial charge is 0.481 e. The minimum atomic E-state index is -0.899. The van der Waals surface area contributed by atoms with Crippen molar-refractivity contribution in [1.29, 1.82) is 0 Å². The van der Waals surface area contributed by atoms with E-state index < -0.39 is 5.97 Å². The second-order valence-electron chi connectivity index (χ2n) is 4.40. The summed E-state index contributed by atoms with van der Waals surface area (Å²) in [6, 6.07) is 9.69. The number of carboxylic acid groups (broad SMARTS) is 1. The molecule has 0 radical (unpaired) electrons. The van der Waals surface area contributed by atoms with E-state index >= 15 is 0 Å². The third-order valence-corrected chi connectivity index (χ3v) is 2.49. The van der Waals surface area contributed by atoms with E-state index in [-0.39, 0.29) is 31.3 Å². The quantitative estimate of drug-likeness (QED) is 0.767. The van der Waals surface area contributed by atoms with Crippen LogP contribution in [0.15, 0.2) is 36.4 Å². The topological polar surface area (TPSA) is 63.6 Å². The molecule has 1 atom stereocenters. The molecule has 0 aliphatic rings. The number of carbonyl (C=O) groups is 2. The molecule has 0 saturated carbocycles. The normalized spacial score (nSPS) is 12.3. The molecule has 0 heterocycles. The molecule has 0 bridgehead atoms. The van der Waals surface area contributed by atoms with Crippen molar-refractivity contribution in [2.75, 3.05) is 6.61 Å². The molecule has 1 N–H and O–H groups in total. The minimum Gasteiger partial charge on any atom is -0.481 e. The Bertz CT molecular complexity index is 437. The van der Waals surface area contributed by atoms with Crippen molar-refractivity contribution in [3.8, 4) is 0 Å². The maximum absolute atomic E-state index is 11.4. The van der Waals surface area contributed by atoms with E-state index in [1.54, 1.807) is 13.0 Å². The summed E-state index contributed by atoms with van der Waals surface area (Å²) in [6.07, 6.45) is 3.74. The zero-order chi connectivity index (χ0) is 14.1. The van der Waals surface area contributed by atoms with Gasteiger partial charge < -0.3 is 9.84 Å². The predicted molar refractivity (Wildman–Crippen MR) is 72.5 cm³/mol. The van der Waals surface area contributed by atoms with Gasteiger partial charge >= 0.3 is 11.9 Å². The second kappa shape index (κ2) is 8.08. The summed E-state index contributed by atoms with van der Waals surface area (Å²) in [6.45, 7) is 1.92. The monoisotopic (exact) mass is 262 g/mol. The molecule has 19 heavy (non-hydrogen) atoms. The molecular formula is C15H18O4. The first-order valence-electron chi connectivity index (χ1n) is 6.17. The van der Waals surface area contributed by atoms with Crippen LogP contribution in [0, 0.1) is 5.92 Å². The summed E-state index contributed by atoms with van der Waals surface area (Å²) < 4.78 is 5.00. The molecule has 0 fully saturated rings. The van der Waals surface area contributed by atoms with Gasteiger partial charge in [0.1, 0.15) is 6.61 Å². The van der Waals surface area contributed by atoms with Crippen LogP contribution in [0.4, 0.5) is 0 Å². The summed E-state index contributed by atoms with van der Waals surface area (Å²) in [5.74, 6) is -1.47. The highest BCUT2D eigenvalue weighted by molar-refractivity contribution is 5.72. The summed E-state index contributed by atoms with van der Waals surface area (Å²) >= 11 is 0. The minimum absolute atomic E-state index is 0.0189. The van der Waals surface area contributed by atoms with Crippen LogP contribution in [0.3, 0.4) is 0 Å². The van der Waals surface area contributed by atoms with Crippen LogP contribution in [-0.4, -0.2) is 23.7 Å². The zero-order valence-electron chi connectivity index (χ0n) is 10.9. The van der Waals surface area contributed by atoms with E-state index in [4.69, 9.17) is 9.84 Å². The van der Waals surface area contributed by atoms with Gasteiger partial charge in [0.15, 0.2) is 0 Å². The van der Waals surface area contributed by atoms with Crippen molar-refractivity contribution in [2.24, 2.45) is 5.92 Å². The van der Waals surface area contributed by atoms with Crippen LogP contribution in [-0.2, 0) is 14.3 Å². The van der Waals surface area contributed by atoms with E-state index in [0.29, 0.717) is 0 Å². The van der Waals surface area contributed by atoms with Crippen molar-refractivity contribution >= 4 is 18.0 Å². The molecule has 0 spiro atoms. The van der Waals surface area contributed by atoms with Crippen molar-refractivity contribution in [2.45, 2.75) is 19.8 Å². The number of ether oxygens (including phenoxy) is 1. The highest BCUT2D eigenvalue weighted by Crippen LogP contribution is 2.08. The molecule has 1 rings (SSSR count). The molecule has 0 aromatic heterocycles. The molecule has 0 aliphatic carbocycles. The molecule has 4 nitrogen and oxygen atoms in total. The molecule has 102 valence electrons. The Morgan fingerprint density at radius 3 is 2.58 bits per heavy atom. The summed E-state index contributed by atoms with van der Waals surface area (Å²) in [5, 5.41) is 8.57. The van der Waals surface area contributed by atoms with Crippen molar-refractivity contribution in [1.82, 2.24) is 0 Å². The molecule has 4 heteroatoms. The standard InChI is InChI=1S/C15H18O4/c1-12(10-14(16)17)11-15(18)19-9-5-8-13-6-3-2-4-7-13/h2-8,12H,9-11H2,1H3,(H,16,17)/b8-5+/t12-/m1/s1. The molecule has 0 unspecified atom stereocenters. The Hall–Kier alpha value is -2.10. The number of hydrogen-bond acceptors (Lipinski definition) is 3. The van der Waals surface area contributed by atoms with E-state index in [1.165, 1.54) is 0 Å². The Kier molecular flexibility index (Phi) is 6.36. The summed E-state index contributed by atoms with van der Waals surface area (Å²) in [5.41, 5.74) is 1.04. The van der Waals surface area contributed by atoms with Crippen molar-refractivity contribution in [3.05, 3.63) is 42.0 Å². The van der Waals surface area contributed by atoms with Gasteiger partial charge in [0, 0.05) is 12.8 Å². The number of carbonyl (C=O) groups excluding carboxylic acids is 1. The third kappa shape index (κ3) is 7.03. The van der Waals surface area contributed by atoms with Crippen molar-refractivity contribution < 1.29 is 19.4 Å². The lowest BCUT2D eigenvalue weighted by molar-refractivity contribution is -0.144. The van der Waals surface area contributed by atoms with E-state index in [2.05, 4.69) is 0 Å². The Labute approximate surface area is 112 Å². The van der Waals surface area contributed by atoms with Gasteiger partial charge in [-0.1, -0.05) is 43.3 Å². The van der Waals surface area contributed by atoms with Gasteiger partial charge in [0.05, 0.1) is 0 Å². The Balaban J connectivity index is 2.24. The van der Waals surface area contributed by atoms with Gasteiger partial charge in [0.25, 0.3) is 0 Å². The number of hydrogen-bond donors (Lipinski definition) is 1. The highest BCUT2D eigenvalue weighted by Gasteiger charge is 2.12. The van der Waals surface area contributed by atoms with E-state index in [0.717, 1.165) is 5.56 Å². The van der Waals surface area contributed by atoms with Gasteiger partial charge in [-0.25, -0.2) is 0 Å². The highest BCUT2D eigenvalue weighted by atomic mass is 16.5. The average molecular weight is 262 g/mol. The molecule has 0 amide bonds. The summed E-state index contributed by atoms with van der Waals surface area (Å²) in [4.78, 5) is 21.8. The van der Waals surface area contributed by atoms with Crippen LogP contribution in [0.25, 0.3) is 6.08 Å². The van der Waals surface area contributed by atoms with Crippen molar-refractivity contribution in [3.63, 3.8) is 0 Å². The second-order valence-corrected chi connectivity index (χ2v) is 4.40. The van der Waals surface area contributed by atoms with E-state index in [1.807, 2.05) is 36.4 Å². The van der Waals surface area contributed by atoms with Gasteiger partial charge in [-0.3, -0.25) is 9.59 Å². The van der Waals surface area contributed by atoms with Gasteiger partial charge in [-0.15, -0.1) is 0 Å². The SMILES string of the molecule is C[C@H](CC(=O)O)CC(=O)OC/C=C/c1ccccc1. The molecule has 0 saturated heterocycles. The van der Waals surface area contributed by atoms with Gasteiger partial charge in [-0.2, -0.15) is 0 Å². The number of aliphatic carboxylic acids is 1. The summed E-state index contributed by atoms with van der Waals surface area (Å²) in [7, 11) is 0. The average Bonchev–Trinajstić information content (AvgIpc) is 2.35. The van der Waals surface area contributed by atoms with Crippen LogP contribution in [0.5, 0.6) is 0 Å². The number of esters is 1. The van der Waals surface area contributed by atoms with Crippen LogP contribution in [0.1, 0.15) is 25.3 Å². The fraction of sp³-hybridized carbons (Fsp3) is 0.333. The lowest BCUT2D eigenvalue weighted by Crippen LogP contribution is -2.12. The van der Waals surface area contributed by atoms with Crippen LogP contribution < -0.4 is 0 Å². The Morgan fingerprint density at radius 1 is 1.26 bits per heavy atom. The lowest BCUT2D eigenvalue weighted by atomic mass is 10.0. The maximum Gasteiger partial charge on any atom is 0.306 e. The first kappa shape index (κ1) is 15.0. The fourth-order valence-corrected chi connectivity index (χ4v) is 1.60. The molecule has 1 aromatic rings. The smallest absolute Gasteiger partial charge is 0.306 e. The molecule has 0 aliphatic heterocycles. The fourth-order valence-electron chi connectivity index (χ4n) is 1.60. The number of benzene rings is 1. The Morgan fingerprint density at radius 2 is 1.95 bits per heavy atom. The van der Waals surface area contributed by atoms with Crippen LogP contribution >= 0.6 is 0 Å².